The highest BCUT2D eigenvalue weighted by Gasteiger charge is 2.26. The summed E-state index contributed by atoms with van der Waals surface area (Å²) in [6.45, 7) is 6.34. The van der Waals surface area contributed by atoms with Gasteiger partial charge in [-0.2, -0.15) is 0 Å². The molecule has 128 valence electrons. The molecule has 1 aromatic carbocycles. The first-order valence-corrected chi connectivity index (χ1v) is 7.67. The molecule has 1 heterocycles. The number of nitrogens with one attached hydrogen (secondary N) is 1. The molecule has 0 atom stereocenters. The van der Waals surface area contributed by atoms with Gasteiger partial charge in [-0.15, -0.1) is 0 Å². The lowest BCUT2D eigenvalue weighted by atomic mass is 10.1. The second-order valence-electron chi connectivity index (χ2n) is 5.40. The monoisotopic (exact) mass is 331 g/mol. The first-order chi connectivity index (χ1) is 11.5. The van der Waals surface area contributed by atoms with Crippen LogP contribution in [-0.2, 0) is 0 Å². The summed E-state index contributed by atoms with van der Waals surface area (Å²) in [6.07, 6.45) is 1.29. The molecular formula is C16H21N5O3. The minimum atomic E-state index is -0.497. The third-order valence-electron chi connectivity index (χ3n) is 3.68. The van der Waals surface area contributed by atoms with Gasteiger partial charge in [0.15, 0.2) is 0 Å². The molecule has 0 bridgehead atoms. The zero-order valence-electron chi connectivity index (χ0n) is 14.0. The Kier molecular flexibility index (Phi) is 5.64. The van der Waals surface area contributed by atoms with Crippen LogP contribution in [0.4, 0.5) is 23.0 Å². The molecule has 2 N–H and O–H groups in total. The molecule has 8 heteroatoms. The summed E-state index contributed by atoms with van der Waals surface area (Å²) >= 11 is 0. The summed E-state index contributed by atoms with van der Waals surface area (Å²) in [7, 11) is 0. The van der Waals surface area contributed by atoms with Crippen LogP contribution in [0.3, 0.4) is 0 Å². The molecule has 8 nitrogen and oxygen atoms in total. The second-order valence-corrected chi connectivity index (χ2v) is 5.40. The highest BCUT2D eigenvalue weighted by atomic mass is 16.6. The van der Waals surface area contributed by atoms with Crippen molar-refractivity contribution in [3.8, 4) is 0 Å². The lowest BCUT2D eigenvalue weighted by Crippen LogP contribution is -2.28. The predicted octanol–water partition coefficient (Wildman–Crippen LogP) is 2.56. The van der Waals surface area contributed by atoms with Crippen molar-refractivity contribution in [2.24, 2.45) is 0 Å². The Balaban J connectivity index is 2.50. The van der Waals surface area contributed by atoms with Crippen molar-refractivity contribution < 1.29 is 10.0 Å². The number of rotatable bonds is 7. The Labute approximate surface area is 140 Å². The number of likely N-dealkylation sites (N-methyl/N-ethyl adjacent to an activating group) is 1. The normalized spacial score (nSPS) is 10.5. The molecule has 24 heavy (non-hydrogen) atoms. The van der Waals surface area contributed by atoms with Crippen molar-refractivity contribution in [2.75, 3.05) is 29.9 Å². The third kappa shape index (κ3) is 3.77. The minimum Gasteiger partial charge on any atom is -0.395 e. The van der Waals surface area contributed by atoms with E-state index in [1.165, 1.54) is 6.33 Å². The van der Waals surface area contributed by atoms with E-state index >= 15 is 0 Å². The fraction of sp³-hybridized carbons (Fsp3) is 0.375. The maximum absolute atomic E-state index is 11.6. The van der Waals surface area contributed by atoms with Gasteiger partial charge >= 0.3 is 5.69 Å². The molecule has 0 unspecified atom stereocenters. The van der Waals surface area contributed by atoms with Crippen LogP contribution in [-0.4, -0.2) is 39.7 Å². The van der Waals surface area contributed by atoms with Crippen molar-refractivity contribution in [1.29, 1.82) is 0 Å². The molecule has 0 spiro atoms. The van der Waals surface area contributed by atoms with Crippen LogP contribution in [0.5, 0.6) is 0 Å². The number of nitro groups is 1. The van der Waals surface area contributed by atoms with Gasteiger partial charge in [0.05, 0.1) is 11.5 Å². The summed E-state index contributed by atoms with van der Waals surface area (Å²) < 4.78 is 0. The third-order valence-corrected chi connectivity index (χ3v) is 3.68. The van der Waals surface area contributed by atoms with Crippen molar-refractivity contribution in [1.82, 2.24) is 9.97 Å². The van der Waals surface area contributed by atoms with Crippen LogP contribution >= 0.6 is 0 Å². The quantitative estimate of drug-likeness (QED) is 0.593. The molecule has 2 rings (SSSR count). The van der Waals surface area contributed by atoms with Gasteiger partial charge in [-0.3, -0.25) is 10.1 Å². The van der Waals surface area contributed by atoms with Gasteiger partial charge in [-0.25, -0.2) is 9.97 Å². The van der Waals surface area contributed by atoms with Crippen LogP contribution in [0, 0.1) is 24.0 Å². The number of hydrogen-bond acceptors (Lipinski definition) is 7. The van der Waals surface area contributed by atoms with E-state index < -0.39 is 4.92 Å². The van der Waals surface area contributed by atoms with E-state index in [1.807, 2.05) is 39.0 Å². The Morgan fingerprint density at radius 3 is 2.71 bits per heavy atom. The molecule has 0 saturated heterocycles. The molecule has 0 amide bonds. The smallest absolute Gasteiger partial charge is 0.353 e. The van der Waals surface area contributed by atoms with Crippen LogP contribution < -0.4 is 10.2 Å². The molecule has 1 aromatic heterocycles. The van der Waals surface area contributed by atoms with E-state index in [9.17, 15) is 10.1 Å². The van der Waals surface area contributed by atoms with E-state index in [4.69, 9.17) is 5.11 Å². The zero-order valence-corrected chi connectivity index (χ0v) is 14.0. The Bertz CT molecular complexity index is 736. The topological polar surface area (TPSA) is 104 Å². The van der Waals surface area contributed by atoms with Gasteiger partial charge in [0.1, 0.15) is 6.33 Å². The average molecular weight is 331 g/mol. The summed E-state index contributed by atoms with van der Waals surface area (Å²) in [5.41, 5.74) is 2.55. The molecule has 0 radical (unpaired) electrons. The van der Waals surface area contributed by atoms with Gasteiger partial charge in [0, 0.05) is 18.8 Å². The number of benzene rings is 1. The Hall–Kier alpha value is -2.74. The molecule has 0 aliphatic carbocycles. The van der Waals surface area contributed by atoms with Crippen LogP contribution in [0.25, 0.3) is 0 Å². The van der Waals surface area contributed by atoms with E-state index in [0.29, 0.717) is 6.54 Å². The highest BCUT2D eigenvalue weighted by molar-refractivity contribution is 5.75. The van der Waals surface area contributed by atoms with Crippen molar-refractivity contribution in [3.63, 3.8) is 0 Å². The lowest BCUT2D eigenvalue weighted by Gasteiger charge is -2.21. The van der Waals surface area contributed by atoms with Gasteiger partial charge in [-0.05, 0) is 38.0 Å². The number of anilines is 3. The highest BCUT2D eigenvalue weighted by Crippen LogP contribution is 2.34. The van der Waals surface area contributed by atoms with Crippen molar-refractivity contribution in [2.45, 2.75) is 20.8 Å². The Morgan fingerprint density at radius 1 is 1.33 bits per heavy atom. The zero-order chi connectivity index (χ0) is 17.7. The number of nitrogens with zero attached hydrogens (tertiary/aromatic N) is 4. The molecule has 0 fully saturated rings. The maximum Gasteiger partial charge on any atom is 0.353 e. The van der Waals surface area contributed by atoms with Gasteiger partial charge in [-0.1, -0.05) is 12.1 Å². The SMILES string of the molecule is CCN(CCO)c1ncnc(Nc2cc(C)ccc2C)c1[N+](=O)[O-]. The van der Waals surface area contributed by atoms with E-state index in [2.05, 4.69) is 15.3 Å². The number of aryl methyl sites for hydroxylation is 2. The Morgan fingerprint density at radius 2 is 2.08 bits per heavy atom. The fourth-order valence-electron chi connectivity index (χ4n) is 2.39. The fourth-order valence-corrected chi connectivity index (χ4v) is 2.39. The number of aliphatic hydroxyl groups excluding tert-OH is 1. The number of aromatic nitrogens is 2. The summed E-state index contributed by atoms with van der Waals surface area (Å²) in [5.74, 6) is 0.328. The van der Waals surface area contributed by atoms with E-state index in [0.717, 1.165) is 16.8 Å². The maximum atomic E-state index is 11.6. The molecule has 0 aliphatic heterocycles. The van der Waals surface area contributed by atoms with Crippen LogP contribution in [0.1, 0.15) is 18.1 Å². The van der Waals surface area contributed by atoms with Gasteiger partial charge in [0.25, 0.3) is 0 Å². The minimum absolute atomic E-state index is 0.116. The lowest BCUT2D eigenvalue weighted by molar-refractivity contribution is -0.383. The first kappa shape index (κ1) is 17.6. The van der Waals surface area contributed by atoms with Crippen LogP contribution in [0.15, 0.2) is 24.5 Å². The summed E-state index contributed by atoms with van der Waals surface area (Å²) in [5, 5.41) is 23.8. The molecule has 0 saturated carbocycles. The van der Waals surface area contributed by atoms with Crippen molar-refractivity contribution >= 4 is 23.0 Å². The van der Waals surface area contributed by atoms with Gasteiger partial charge in [0.2, 0.25) is 11.6 Å². The van der Waals surface area contributed by atoms with Crippen molar-refractivity contribution in [3.05, 3.63) is 45.8 Å². The van der Waals surface area contributed by atoms with Crippen LogP contribution in [0.2, 0.25) is 0 Å². The summed E-state index contributed by atoms with van der Waals surface area (Å²) in [4.78, 5) is 20.9. The summed E-state index contributed by atoms with van der Waals surface area (Å²) in [6, 6.07) is 5.82. The van der Waals surface area contributed by atoms with Gasteiger partial charge < -0.3 is 15.3 Å². The number of aliphatic hydroxyl groups is 1. The second kappa shape index (κ2) is 7.69. The molecular weight excluding hydrogens is 310 g/mol. The standard InChI is InChI=1S/C16H21N5O3/c1-4-20(7-8-22)16-14(21(23)24)15(17-10-18-16)19-13-9-11(2)5-6-12(13)3/h5-6,9-10,22H,4,7-8H2,1-3H3,(H,17,18,19). The molecule has 2 aromatic rings. The largest absolute Gasteiger partial charge is 0.395 e. The number of hydrogen-bond donors (Lipinski definition) is 2. The molecule has 0 aliphatic rings. The van der Waals surface area contributed by atoms with E-state index in [1.54, 1.807) is 4.90 Å². The van der Waals surface area contributed by atoms with E-state index in [-0.39, 0.29) is 30.5 Å². The first-order valence-electron chi connectivity index (χ1n) is 7.67. The predicted molar refractivity (Wildman–Crippen MR) is 92.9 cm³/mol. The average Bonchev–Trinajstić information content (AvgIpc) is 2.55.